The molecule has 1 aliphatic rings. The number of aliphatic carboxylic acids is 1. The van der Waals surface area contributed by atoms with E-state index >= 15 is 0 Å². The van der Waals surface area contributed by atoms with Gasteiger partial charge in [-0.2, -0.15) is 0 Å². The third-order valence-electron chi connectivity index (χ3n) is 3.72. The van der Waals surface area contributed by atoms with E-state index in [9.17, 15) is 9.90 Å². The second kappa shape index (κ2) is 6.24. The summed E-state index contributed by atoms with van der Waals surface area (Å²) in [5.74, 6) is -0.507. The summed E-state index contributed by atoms with van der Waals surface area (Å²) in [4.78, 5) is 13.4. The van der Waals surface area contributed by atoms with Crippen molar-refractivity contribution in [2.45, 2.75) is 64.5 Å². The van der Waals surface area contributed by atoms with Gasteiger partial charge in [-0.3, -0.25) is 9.69 Å². The zero-order valence-electron chi connectivity index (χ0n) is 10.8. The standard InChI is InChI=1S/C13H25NO2/c1-10(2)12(13(15)16)14(3)11-8-6-4-5-7-9-11/h10-12H,4-9H2,1-3H3,(H,15,16). The van der Waals surface area contributed by atoms with Gasteiger partial charge in [0.15, 0.2) is 0 Å². The zero-order chi connectivity index (χ0) is 12.1. The zero-order valence-corrected chi connectivity index (χ0v) is 10.8. The molecule has 1 atom stereocenters. The van der Waals surface area contributed by atoms with E-state index in [-0.39, 0.29) is 12.0 Å². The van der Waals surface area contributed by atoms with Crippen LogP contribution in [-0.4, -0.2) is 35.1 Å². The van der Waals surface area contributed by atoms with Crippen LogP contribution in [0.1, 0.15) is 52.4 Å². The van der Waals surface area contributed by atoms with Gasteiger partial charge in [-0.15, -0.1) is 0 Å². The van der Waals surface area contributed by atoms with E-state index in [4.69, 9.17) is 0 Å². The maximum atomic E-state index is 11.3. The molecule has 3 heteroatoms. The van der Waals surface area contributed by atoms with Gasteiger partial charge >= 0.3 is 5.97 Å². The first-order valence-electron chi connectivity index (χ1n) is 6.48. The molecule has 0 aromatic rings. The molecule has 0 saturated heterocycles. The maximum Gasteiger partial charge on any atom is 0.321 e. The van der Waals surface area contributed by atoms with Crippen molar-refractivity contribution in [1.29, 1.82) is 0 Å². The van der Waals surface area contributed by atoms with Gasteiger partial charge in [0.05, 0.1) is 0 Å². The number of carboxylic acids is 1. The van der Waals surface area contributed by atoms with Crippen molar-refractivity contribution in [3.05, 3.63) is 0 Å². The van der Waals surface area contributed by atoms with E-state index in [1.54, 1.807) is 0 Å². The minimum absolute atomic E-state index is 0.172. The average Bonchev–Trinajstić information content (AvgIpc) is 2.43. The molecule has 0 radical (unpaired) electrons. The smallest absolute Gasteiger partial charge is 0.321 e. The Morgan fingerprint density at radius 1 is 1.19 bits per heavy atom. The van der Waals surface area contributed by atoms with Crippen molar-refractivity contribution in [1.82, 2.24) is 4.90 Å². The van der Waals surface area contributed by atoms with Crippen LogP contribution >= 0.6 is 0 Å². The van der Waals surface area contributed by atoms with Crippen molar-refractivity contribution in [3.8, 4) is 0 Å². The van der Waals surface area contributed by atoms with Gasteiger partial charge in [-0.25, -0.2) is 0 Å². The molecule has 0 heterocycles. The van der Waals surface area contributed by atoms with E-state index in [0.717, 1.165) is 12.8 Å². The summed E-state index contributed by atoms with van der Waals surface area (Å²) < 4.78 is 0. The molecule has 1 N–H and O–H groups in total. The van der Waals surface area contributed by atoms with Crippen LogP contribution in [0, 0.1) is 5.92 Å². The van der Waals surface area contributed by atoms with Crippen LogP contribution in [0.25, 0.3) is 0 Å². The number of nitrogens with zero attached hydrogens (tertiary/aromatic N) is 1. The van der Waals surface area contributed by atoms with Gasteiger partial charge in [0, 0.05) is 6.04 Å². The van der Waals surface area contributed by atoms with Gasteiger partial charge < -0.3 is 5.11 Å². The lowest BCUT2D eigenvalue weighted by Gasteiger charge is -2.34. The fourth-order valence-electron chi connectivity index (χ4n) is 2.82. The first-order chi connectivity index (χ1) is 7.54. The lowest BCUT2D eigenvalue weighted by atomic mass is 9.98. The highest BCUT2D eigenvalue weighted by Crippen LogP contribution is 2.24. The number of hydrogen-bond acceptors (Lipinski definition) is 2. The third kappa shape index (κ3) is 3.48. The molecule has 1 fully saturated rings. The van der Waals surface area contributed by atoms with Crippen LogP contribution in [0.3, 0.4) is 0 Å². The van der Waals surface area contributed by atoms with Gasteiger partial charge in [0.1, 0.15) is 6.04 Å². The summed E-state index contributed by atoms with van der Waals surface area (Å²) in [6.45, 7) is 3.98. The van der Waals surface area contributed by atoms with Crippen molar-refractivity contribution in [2.24, 2.45) is 5.92 Å². The SMILES string of the molecule is CC(C)C(C(=O)O)N(C)C1CCCCCC1. The molecule has 94 valence electrons. The van der Waals surface area contributed by atoms with E-state index in [1.165, 1.54) is 25.7 Å². The molecule has 16 heavy (non-hydrogen) atoms. The molecule has 0 spiro atoms. The van der Waals surface area contributed by atoms with Crippen molar-refractivity contribution in [2.75, 3.05) is 7.05 Å². The quantitative estimate of drug-likeness (QED) is 0.751. The molecule has 1 saturated carbocycles. The lowest BCUT2D eigenvalue weighted by molar-refractivity contribution is -0.145. The minimum Gasteiger partial charge on any atom is -0.480 e. The van der Waals surface area contributed by atoms with E-state index < -0.39 is 5.97 Å². The van der Waals surface area contributed by atoms with E-state index in [0.29, 0.717) is 6.04 Å². The average molecular weight is 227 g/mol. The van der Waals surface area contributed by atoms with Gasteiger partial charge in [0.25, 0.3) is 0 Å². The summed E-state index contributed by atoms with van der Waals surface area (Å²) in [5.41, 5.74) is 0. The molecule has 0 aromatic heterocycles. The van der Waals surface area contributed by atoms with Gasteiger partial charge in [0.2, 0.25) is 0 Å². The highest BCUT2D eigenvalue weighted by Gasteiger charge is 2.30. The molecule has 0 amide bonds. The van der Waals surface area contributed by atoms with Gasteiger partial charge in [-0.1, -0.05) is 39.5 Å². The van der Waals surface area contributed by atoms with Crippen LogP contribution in [0.4, 0.5) is 0 Å². The molecule has 0 bridgehead atoms. The minimum atomic E-state index is -0.679. The fraction of sp³-hybridized carbons (Fsp3) is 0.923. The Labute approximate surface area is 98.8 Å². The van der Waals surface area contributed by atoms with Crippen LogP contribution < -0.4 is 0 Å². The highest BCUT2D eigenvalue weighted by molar-refractivity contribution is 5.73. The predicted octanol–water partition coefficient (Wildman–Crippen LogP) is 2.75. The third-order valence-corrected chi connectivity index (χ3v) is 3.72. The first-order valence-corrected chi connectivity index (χ1v) is 6.48. The summed E-state index contributed by atoms with van der Waals surface area (Å²) >= 11 is 0. The number of carboxylic acid groups (broad SMARTS) is 1. The van der Waals surface area contributed by atoms with Crippen molar-refractivity contribution < 1.29 is 9.90 Å². The molecule has 0 aromatic carbocycles. The Morgan fingerprint density at radius 2 is 1.69 bits per heavy atom. The van der Waals surface area contributed by atoms with Crippen molar-refractivity contribution >= 4 is 5.97 Å². The highest BCUT2D eigenvalue weighted by atomic mass is 16.4. The van der Waals surface area contributed by atoms with Crippen LogP contribution in [0.2, 0.25) is 0 Å². The predicted molar refractivity (Wildman–Crippen MR) is 65.5 cm³/mol. The second-order valence-electron chi connectivity index (χ2n) is 5.34. The molecule has 1 rings (SSSR count). The van der Waals surface area contributed by atoms with Crippen LogP contribution in [0.15, 0.2) is 0 Å². The Hall–Kier alpha value is -0.570. The lowest BCUT2D eigenvalue weighted by Crippen LogP contribution is -2.47. The summed E-state index contributed by atoms with van der Waals surface area (Å²) in [6.07, 6.45) is 7.44. The monoisotopic (exact) mass is 227 g/mol. The van der Waals surface area contributed by atoms with Crippen LogP contribution in [0.5, 0.6) is 0 Å². The molecule has 1 unspecified atom stereocenters. The van der Waals surface area contributed by atoms with Crippen LogP contribution in [-0.2, 0) is 4.79 Å². The Bertz CT molecular complexity index is 220. The van der Waals surface area contributed by atoms with Crippen molar-refractivity contribution in [3.63, 3.8) is 0 Å². The normalized spacial score (nSPS) is 21.1. The molecular weight excluding hydrogens is 202 g/mol. The summed E-state index contributed by atoms with van der Waals surface area (Å²) in [7, 11) is 1.98. The molecule has 3 nitrogen and oxygen atoms in total. The molecule has 0 aliphatic heterocycles. The Morgan fingerprint density at radius 3 is 2.06 bits per heavy atom. The largest absolute Gasteiger partial charge is 0.480 e. The number of rotatable bonds is 4. The maximum absolute atomic E-state index is 11.3. The molecular formula is C13H25NO2. The first kappa shape index (κ1) is 13.5. The topological polar surface area (TPSA) is 40.5 Å². The van der Waals surface area contributed by atoms with Gasteiger partial charge in [-0.05, 0) is 25.8 Å². The number of hydrogen-bond donors (Lipinski definition) is 1. The summed E-state index contributed by atoms with van der Waals surface area (Å²) in [6, 6.07) is 0.133. The van der Waals surface area contributed by atoms with E-state index in [1.807, 2.05) is 20.9 Å². The Balaban J connectivity index is 2.64. The molecule has 1 aliphatic carbocycles. The Kier molecular flexibility index (Phi) is 5.26. The fourth-order valence-corrected chi connectivity index (χ4v) is 2.82. The number of carbonyl (C=O) groups is 1. The second-order valence-corrected chi connectivity index (χ2v) is 5.34. The number of likely N-dealkylation sites (N-methyl/N-ethyl adjacent to an activating group) is 1. The summed E-state index contributed by atoms with van der Waals surface area (Å²) in [5, 5.41) is 9.27. The van der Waals surface area contributed by atoms with E-state index in [2.05, 4.69) is 4.90 Å².